The van der Waals surface area contributed by atoms with Gasteiger partial charge in [-0.1, -0.05) is 65.3 Å². The topological polar surface area (TPSA) is 82.4 Å². The molecule has 1 fully saturated rings. The second-order valence-electron chi connectivity index (χ2n) is 12.1. The van der Waals surface area contributed by atoms with Gasteiger partial charge in [-0.3, -0.25) is 9.59 Å². The maximum atomic E-state index is 15.7. The van der Waals surface area contributed by atoms with Crippen molar-refractivity contribution >= 4 is 53.2 Å². The molecule has 0 unspecified atom stereocenters. The van der Waals surface area contributed by atoms with Crippen LogP contribution in [0.2, 0.25) is 18.6 Å². The zero-order valence-electron chi connectivity index (χ0n) is 24.5. The Morgan fingerprint density at radius 2 is 1.79 bits per heavy atom. The number of hydrazone groups is 1. The van der Waals surface area contributed by atoms with Crippen LogP contribution in [0.5, 0.6) is 0 Å². The lowest BCUT2D eigenvalue weighted by atomic mass is 9.82. The minimum Gasteiger partial charge on any atom is -0.396 e. The Labute approximate surface area is 260 Å². The van der Waals surface area contributed by atoms with E-state index >= 15 is 4.11 Å². The highest BCUT2D eigenvalue weighted by molar-refractivity contribution is 9.10. The van der Waals surface area contributed by atoms with E-state index in [1.165, 1.54) is 5.01 Å². The van der Waals surface area contributed by atoms with Crippen molar-refractivity contribution in [1.82, 2.24) is 0 Å². The number of rotatable bonds is 7. The third-order valence-electron chi connectivity index (χ3n) is 9.00. The van der Waals surface area contributed by atoms with Gasteiger partial charge in [-0.05, 0) is 61.0 Å². The van der Waals surface area contributed by atoms with E-state index in [1.54, 1.807) is 18.0 Å². The molecule has 4 atom stereocenters. The first-order chi connectivity index (χ1) is 20.5. The molecule has 6 rings (SSSR count). The van der Waals surface area contributed by atoms with Crippen LogP contribution >= 0.6 is 15.9 Å². The molecule has 3 aliphatic heterocycles. The van der Waals surface area contributed by atoms with Crippen molar-refractivity contribution in [3.05, 3.63) is 94.0 Å². The lowest BCUT2D eigenvalue weighted by Crippen LogP contribution is -2.45. The molecule has 0 radical (unpaired) electrons. The molecule has 224 valence electrons. The number of fused-ring (bicyclic) bond motifs is 2. The van der Waals surface area contributed by atoms with Crippen molar-refractivity contribution < 1.29 is 23.5 Å². The summed E-state index contributed by atoms with van der Waals surface area (Å²) in [5, 5.41) is 15.9. The van der Waals surface area contributed by atoms with Crippen LogP contribution in [0, 0.1) is 5.92 Å². The van der Waals surface area contributed by atoms with Crippen LogP contribution in [-0.2, 0) is 26.5 Å². The van der Waals surface area contributed by atoms with Gasteiger partial charge in [0.2, 0.25) is 14.3 Å². The van der Waals surface area contributed by atoms with Crippen LogP contribution in [0.25, 0.3) is 0 Å². The number of amides is 2. The number of anilines is 2. The van der Waals surface area contributed by atoms with Crippen molar-refractivity contribution in [2.75, 3.05) is 16.5 Å². The van der Waals surface area contributed by atoms with Crippen LogP contribution in [0.15, 0.2) is 82.4 Å². The zero-order chi connectivity index (χ0) is 30.5. The summed E-state index contributed by atoms with van der Waals surface area (Å²) in [5.41, 5.74) is 3.07. The Kier molecular flexibility index (Phi) is 7.91. The number of halogens is 2. The van der Waals surface area contributed by atoms with Crippen LogP contribution in [0.1, 0.15) is 42.9 Å². The summed E-state index contributed by atoms with van der Waals surface area (Å²) in [5.74, 6) is -0.697. The van der Waals surface area contributed by atoms with E-state index in [0.717, 1.165) is 32.6 Å². The molecule has 1 spiro atoms. The third-order valence-corrected chi connectivity index (χ3v) is 11.9. The van der Waals surface area contributed by atoms with Crippen LogP contribution in [-0.4, -0.2) is 43.8 Å². The van der Waals surface area contributed by atoms with Gasteiger partial charge in [-0.2, -0.15) is 5.10 Å². The molecule has 0 bridgehead atoms. The van der Waals surface area contributed by atoms with Crippen molar-refractivity contribution in [2.24, 2.45) is 11.0 Å². The Balaban J connectivity index is 1.30. The maximum Gasteiger partial charge on any atom is 0.264 e. The molecule has 3 aromatic carbocycles. The number of carbonyl (C=O) groups is 2. The second-order valence-corrected chi connectivity index (χ2v) is 16.8. The summed E-state index contributed by atoms with van der Waals surface area (Å²) in [6.45, 7) is 5.37. The fraction of sp³-hybridized carbons (Fsp3) is 0.364. The summed E-state index contributed by atoms with van der Waals surface area (Å²) >= 11 is 3.56. The van der Waals surface area contributed by atoms with E-state index < -0.39 is 31.6 Å². The molecule has 43 heavy (non-hydrogen) atoms. The van der Waals surface area contributed by atoms with Gasteiger partial charge in [0.1, 0.15) is 0 Å². The predicted molar refractivity (Wildman–Crippen MR) is 171 cm³/mol. The van der Waals surface area contributed by atoms with Gasteiger partial charge in [0.05, 0.1) is 29.7 Å². The molecular formula is C33H35BrFN3O4Si. The number of hydrogen-bond acceptors (Lipinski definition) is 5. The molecule has 2 amide bonds. The number of hydrogen-bond donors (Lipinski definition) is 1. The smallest absolute Gasteiger partial charge is 0.264 e. The third kappa shape index (κ3) is 5.18. The Hall–Kier alpha value is -3.18. The van der Waals surface area contributed by atoms with E-state index in [4.69, 9.17) is 4.74 Å². The molecule has 1 saturated heterocycles. The average Bonchev–Trinajstić information content (AvgIpc) is 3.41. The number of nitrogens with zero attached hydrogens (tertiary/aromatic N) is 3. The van der Waals surface area contributed by atoms with E-state index in [2.05, 4.69) is 21.0 Å². The molecule has 3 heterocycles. The van der Waals surface area contributed by atoms with Gasteiger partial charge >= 0.3 is 0 Å². The maximum absolute atomic E-state index is 15.7. The molecule has 0 aromatic heterocycles. The first-order valence-corrected chi connectivity index (χ1v) is 18.4. The summed E-state index contributed by atoms with van der Waals surface area (Å²) < 4.78 is 23.1. The van der Waals surface area contributed by atoms with Crippen LogP contribution in [0.3, 0.4) is 0 Å². The fourth-order valence-corrected chi connectivity index (χ4v) is 9.99. The van der Waals surface area contributed by atoms with Gasteiger partial charge in [-0.25, -0.2) is 5.01 Å². The molecule has 10 heteroatoms. The van der Waals surface area contributed by atoms with Gasteiger partial charge in [0.25, 0.3) is 5.91 Å². The van der Waals surface area contributed by atoms with Crippen molar-refractivity contribution in [3.63, 3.8) is 0 Å². The zero-order valence-corrected chi connectivity index (χ0v) is 27.1. The first-order valence-electron chi connectivity index (χ1n) is 14.7. The highest BCUT2D eigenvalue weighted by Gasteiger charge is 2.66. The molecule has 0 aliphatic carbocycles. The van der Waals surface area contributed by atoms with Gasteiger partial charge in [-0.15, -0.1) is 0 Å². The van der Waals surface area contributed by atoms with E-state index in [-0.39, 0.29) is 31.4 Å². The van der Waals surface area contributed by atoms with Gasteiger partial charge in [0, 0.05) is 40.9 Å². The van der Waals surface area contributed by atoms with E-state index in [1.807, 2.05) is 79.7 Å². The Morgan fingerprint density at radius 3 is 2.47 bits per heavy atom. The highest BCUT2D eigenvalue weighted by atomic mass is 79.9. The normalized spacial score (nSPS) is 25.4. The van der Waals surface area contributed by atoms with E-state index in [0.29, 0.717) is 18.5 Å². The number of aliphatic hydroxyl groups is 1. The predicted octanol–water partition coefficient (Wildman–Crippen LogP) is 6.68. The van der Waals surface area contributed by atoms with Gasteiger partial charge < -0.3 is 18.9 Å². The Bertz CT molecular complexity index is 1580. The number of benzene rings is 3. The minimum atomic E-state index is -3.26. The molecule has 1 N–H and O–H groups in total. The summed E-state index contributed by atoms with van der Waals surface area (Å²) in [7, 11) is -3.26. The van der Waals surface area contributed by atoms with Crippen molar-refractivity contribution in [3.8, 4) is 0 Å². The quantitative estimate of drug-likeness (QED) is 0.226. The summed E-state index contributed by atoms with van der Waals surface area (Å²) in [4.78, 5) is 28.9. The fourth-order valence-electron chi connectivity index (χ4n) is 7.09. The first kappa shape index (κ1) is 29.9. The lowest BCUT2D eigenvalue weighted by molar-refractivity contribution is -0.146. The molecule has 3 aromatic rings. The SMILES string of the molecule is C[C@H]1[C@H]([Si](C)(C)F)[C@@H](CCO)O[C@]12C(=O)N(Cc1ccc(N3N=C(c4ccccc4)CCC3=O)cc1)c1ccc(Br)cc12. The lowest BCUT2D eigenvalue weighted by Gasteiger charge is -2.31. The number of carbonyl (C=O) groups excluding carboxylic acids is 2. The molecule has 0 saturated carbocycles. The van der Waals surface area contributed by atoms with Crippen molar-refractivity contribution in [2.45, 2.75) is 63.1 Å². The second kappa shape index (κ2) is 11.4. The monoisotopic (exact) mass is 663 g/mol. The molecular weight excluding hydrogens is 629 g/mol. The molecule has 3 aliphatic rings. The summed E-state index contributed by atoms with van der Waals surface area (Å²) in [6, 6.07) is 23.0. The molecule has 7 nitrogen and oxygen atoms in total. The van der Waals surface area contributed by atoms with Crippen LogP contribution in [0.4, 0.5) is 15.5 Å². The van der Waals surface area contributed by atoms with Crippen molar-refractivity contribution in [1.29, 1.82) is 0 Å². The standard InChI is InChI=1S/C33H35BrFN3O4Si/c1-21-31(43(2,3)35)29(17-18-39)42-33(21)26-19-24(34)11-15-28(26)37(32(33)41)20-22-9-12-25(13-10-22)38-30(40)16-14-27(36-38)23-7-5-4-6-8-23/h4-13,15,19,21,29,31,39H,14,16-18,20H2,1-3H3/t21-,29+,31-,33+/m0/s1. The minimum absolute atomic E-state index is 0.0673. The Morgan fingerprint density at radius 1 is 1.07 bits per heavy atom. The van der Waals surface area contributed by atoms with Crippen LogP contribution < -0.4 is 9.91 Å². The average molecular weight is 665 g/mol. The summed E-state index contributed by atoms with van der Waals surface area (Å²) in [6.07, 6.45) is 0.694. The highest BCUT2D eigenvalue weighted by Crippen LogP contribution is 2.60. The largest absolute Gasteiger partial charge is 0.396 e. The van der Waals surface area contributed by atoms with E-state index in [9.17, 15) is 14.7 Å². The number of ether oxygens (including phenoxy) is 1. The van der Waals surface area contributed by atoms with Gasteiger partial charge in [0.15, 0.2) is 5.60 Å². The number of aliphatic hydroxyl groups excluding tert-OH is 1.